The quantitative estimate of drug-likeness (QED) is 0.572. The topological polar surface area (TPSA) is 18.5 Å². The summed E-state index contributed by atoms with van der Waals surface area (Å²) in [6, 6.07) is 0. The molecule has 0 atom stereocenters. The van der Waals surface area contributed by atoms with Gasteiger partial charge in [0.05, 0.1) is 18.8 Å². The van der Waals surface area contributed by atoms with Crippen molar-refractivity contribution in [3.05, 3.63) is 0 Å². The second-order valence-electron chi connectivity index (χ2n) is 4.16. The summed E-state index contributed by atoms with van der Waals surface area (Å²) in [5.74, 6) is 0. The zero-order valence-corrected chi connectivity index (χ0v) is 8.23. The van der Waals surface area contributed by atoms with Gasteiger partial charge in [0.2, 0.25) is 0 Å². The van der Waals surface area contributed by atoms with Crippen LogP contribution in [0.5, 0.6) is 0 Å². The molecule has 3 heteroatoms. The van der Waals surface area contributed by atoms with Crippen LogP contribution in [0, 0.1) is 0 Å². The van der Waals surface area contributed by atoms with Crippen molar-refractivity contribution in [3.63, 3.8) is 0 Å². The summed E-state index contributed by atoms with van der Waals surface area (Å²) >= 11 is 0. The molecule has 1 aliphatic heterocycles. The molecule has 0 bridgehead atoms. The van der Waals surface area contributed by atoms with Gasteiger partial charge in [-0.05, 0) is 26.6 Å². The predicted molar refractivity (Wildman–Crippen MR) is 43.7 cm³/mol. The molecule has 0 radical (unpaired) electrons. The normalized spacial score (nSPS) is 24.0. The SMILES string of the molecule is CC1(O[Si](C)(C)C)COC1. The van der Waals surface area contributed by atoms with Crippen molar-refractivity contribution >= 4 is 8.32 Å². The highest BCUT2D eigenvalue weighted by Crippen LogP contribution is 2.25. The molecule has 0 aromatic carbocycles. The smallest absolute Gasteiger partial charge is 0.184 e. The lowest BCUT2D eigenvalue weighted by atomic mass is 10.1. The van der Waals surface area contributed by atoms with E-state index in [4.69, 9.17) is 9.16 Å². The summed E-state index contributed by atoms with van der Waals surface area (Å²) in [5.41, 5.74) is 0.0461. The van der Waals surface area contributed by atoms with Gasteiger partial charge in [0.15, 0.2) is 8.32 Å². The molecule has 0 saturated carbocycles. The van der Waals surface area contributed by atoms with Gasteiger partial charge in [0.25, 0.3) is 0 Å². The van der Waals surface area contributed by atoms with Crippen molar-refractivity contribution in [1.82, 2.24) is 0 Å². The van der Waals surface area contributed by atoms with E-state index in [-0.39, 0.29) is 5.60 Å². The Balaban J connectivity index is 2.37. The van der Waals surface area contributed by atoms with Crippen LogP contribution in [-0.4, -0.2) is 27.1 Å². The third kappa shape index (κ3) is 2.07. The molecule has 60 valence electrons. The summed E-state index contributed by atoms with van der Waals surface area (Å²) in [4.78, 5) is 0. The van der Waals surface area contributed by atoms with Gasteiger partial charge in [-0.25, -0.2) is 0 Å². The third-order valence-corrected chi connectivity index (χ3v) is 2.47. The Kier molecular flexibility index (Phi) is 1.91. The standard InChI is InChI=1S/C7H16O2Si/c1-7(5-8-6-7)9-10(2,3)4/h5-6H2,1-4H3. The fraction of sp³-hybridized carbons (Fsp3) is 1.00. The molecule has 0 N–H and O–H groups in total. The molecule has 0 amide bonds. The van der Waals surface area contributed by atoms with E-state index in [0.29, 0.717) is 0 Å². The fourth-order valence-corrected chi connectivity index (χ4v) is 2.78. The molecule has 0 unspecified atom stereocenters. The van der Waals surface area contributed by atoms with Crippen LogP contribution in [-0.2, 0) is 9.16 Å². The van der Waals surface area contributed by atoms with E-state index in [9.17, 15) is 0 Å². The lowest BCUT2D eigenvalue weighted by Crippen LogP contribution is -2.54. The Morgan fingerprint density at radius 2 is 1.80 bits per heavy atom. The van der Waals surface area contributed by atoms with Crippen LogP contribution < -0.4 is 0 Å². The van der Waals surface area contributed by atoms with E-state index in [0.717, 1.165) is 13.2 Å². The van der Waals surface area contributed by atoms with Gasteiger partial charge in [-0.2, -0.15) is 0 Å². The summed E-state index contributed by atoms with van der Waals surface area (Å²) in [6.45, 7) is 10.3. The molecule has 1 heterocycles. The fourth-order valence-electron chi connectivity index (χ4n) is 1.19. The predicted octanol–water partition coefficient (Wildman–Crippen LogP) is 1.63. The van der Waals surface area contributed by atoms with E-state index in [1.54, 1.807) is 0 Å². The van der Waals surface area contributed by atoms with Gasteiger partial charge in [-0.15, -0.1) is 0 Å². The maximum Gasteiger partial charge on any atom is 0.184 e. The third-order valence-electron chi connectivity index (χ3n) is 1.37. The average molecular weight is 160 g/mol. The first-order valence-corrected chi connectivity index (χ1v) is 7.10. The van der Waals surface area contributed by atoms with Crippen molar-refractivity contribution in [2.24, 2.45) is 0 Å². The van der Waals surface area contributed by atoms with E-state index in [2.05, 4.69) is 26.6 Å². The first kappa shape index (κ1) is 8.24. The van der Waals surface area contributed by atoms with Crippen LogP contribution in [0.2, 0.25) is 19.6 Å². The van der Waals surface area contributed by atoms with Gasteiger partial charge in [0.1, 0.15) is 0 Å². The van der Waals surface area contributed by atoms with Gasteiger partial charge in [-0.3, -0.25) is 0 Å². The maximum absolute atomic E-state index is 5.88. The minimum Gasteiger partial charge on any atom is -0.408 e. The van der Waals surface area contributed by atoms with Crippen LogP contribution in [0.4, 0.5) is 0 Å². The Morgan fingerprint density at radius 3 is 1.90 bits per heavy atom. The van der Waals surface area contributed by atoms with Crippen molar-refractivity contribution in [2.75, 3.05) is 13.2 Å². The number of hydrogen-bond acceptors (Lipinski definition) is 2. The molecule has 0 aromatic rings. The Hall–Kier alpha value is 0.137. The van der Waals surface area contributed by atoms with Crippen LogP contribution in [0.3, 0.4) is 0 Å². The lowest BCUT2D eigenvalue weighted by Gasteiger charge is -2.42. The highest BCUT2D eigenvalue weighted by atomic mass is 28.4. The minimum absolute atomic E-state index is 0.0461. The summed E-state index contributed by atoms with van der Waals surface area (Å²) in [7, 11) is -1.34. The molecule has 0 aromatic heterocycles. The summed E-state index contributed by atoms with van der Waals surface area (Å²) in [5, 5.41) is 0. The second kappa shape index (κ2) is 2.32. The van der Waals surface area contributed by atoms with Gasteiger partial charge >= 0.3 is 0 Å². The van der Waals surface area contributed by atoms with Crippen molar-refractivity contribution in [2.45, 2.75) is 32.2 Å². The molecular weight excluding hydrogens is 144 g/mol. The van der Waals surface area contributed by atoms with E-state index >= 15 is 0 Å². The molecular formula is C7H16O2Si. The van der Waals surface area contributed by atoms with Crippen LogP contribution in [0.25, 0.3) is 0 Å². The Labute approximate surface area is 63.7 Å². The van der Waals surface area contributed by atoms with E-state index < -0.39 is 8.32 Å². The van der Waals surface area contributed by atoms with Crippen molar-refractivity contribution in [1.29, 1.82) is 0 Å². The molecule has 10 heavy (non-hydrogen) atoms. The number of ether oxygens (including phenoxy) is 1. The number of rotatable bonds is 2. The van der Waals surface area contributed by atoms with Crippen molar-refractivity contribution in [3.8, 4) is 0 Å². The molecule has 0 aliphatic carbocycles. The first-order chi connectivity index (χ1) is 4.41. The summed E-state index contributed by atoms with van der Waals surface area (Å²) < 4.78 is 11.0. The second-order valence-corrected chi connectivity index (χ2v) is 8.59. The molecule has 1 aliphatic rings. The molecule has 1 rings (SSSR count). The molecule has 2 nitrogen and oxygen atoms in total. The van der Waals surface area contributed by atoms with Crippen molar-refractivity contribution < 1.29 is 9.16 Å². The lowest BCUT2D eigenvalue weighted by molar-refractivity contribution is -0.154. The summed E-state index contributed by atoms with van der Waals surface area (Å²) in [6.07, 6.45) is 0. The van der Waals surface area contributed by atoms with Gasteiger partial charge < -0.3 is 9.16 Å². The van der Waals surface area contributed by atoms with Crippen LogP contribution in [0.1, 0.15) is 6.92 Å². The zero-order chi connectivity index (χ0) is 7.83. The zero-order valence-electron chi connectivity index (χ0n) is 7.23. The van der Waals surface area contributed by atoms with Gasteiger partial charge in [-0.1, -0.05) is 0 Å². The van der Waals surface area contributed by atoms with Crippen LogP contribution in [0.15, 0.2) is 0 Å². The molecule has 1 saturated heterocycles. The number of hydrogen-bond donors (Lipinski definition) is 0. The largest absolute Gasteiger partial charge is 0.408 e. The molecule has 0 spiro atoms. The first-order valence-electron chi connectivity index (χ1n) is 3.69. The van der Waals surface area contributed by atoms with Crippen LogP contribution >= 0.6 is 0 Å². The van der Waals surface area contributed by atoms with E-state index in [1.807, 2.05) is 0 Å². The monoisotopic (exact) mass is 160 g/mol. The van der Waals surface area contributed by atoms with Gasteiger partial charge in [0, 0.05) is 0 Å². The highest BCUT2D eigenvalue weighted by molar-refractivity contribution is 6.69. The average Bonchev–Trinajstić information content (AvgIpc) is 1.57. The molecule has 1 fully saturated rings. The highest BCUT2D eigenvalue weighted by Gasteiger charge is 2.38. The minimum atomic E-state index is -1.34. The van der Waals surface area contributed by atoms with E-state index in [1.165, 1.54) is 0 Å². The maximum atomic E-state index is 5.88. The Morgan fingerprint density at radius 1 is 1.30 bits per heavy atom. The Bertz CT molecular complexity index is 124.